The molecule has 0 heterocycles. The minimum Gasteiger partial charge on any atom is -0.462 e. The monoisotopic (exact) mass is 304 g/mol. The van der Waals surface area contributed by atoms with E-state index < -0.39 is 8.80 Å². The first-order valence-corrected chi connectivity index (χ1v) is 8.89. The van der Waals surface area contributed by atoms with Crippen LogP contribution in [0.3, 0.4) is 0 Å². The maximum absolute atomic E-state index is 11.7. The van der Waals surface area contributed by atoms with E-state index in [0.29, 0.717) is 12.5 Å². The summed E-state index contributed by atoms with van der Waals surface area (Å²) < 4.78 is 20.8. The molecule has 0 saturated carbocycles. The largest absolute Gasteiger partial charge is 0.529 e. The highest BCUT2D eigenvalue weighted by atomic mass is 28.4. The predicted molar refractivity (Wildman–Crippen MR) is 80.2 cm³/mol. The fraction of sp³-hybridized carbons (Fsp3) is 0.786. The number of ether oxygens (including phenoxy) is 1. The highest BCUT2D eigenvalue weighted by Crippen LogP contribution is 2.13. The van der Waals surface area contributed by atoms with Crippen molar-refractivity contribution >= 4 is 14.8 Å². The van der Waals surface area contributed by atoms with Crippen molar-refractivity contribution in [1.82, 2.24) is 0 Å². The Bertz CT molecular complexity index is 281. The standard InChI is InChI=1S/C14H28O5Si/c1-6-8-9-13(7-2)12-19-14(15)10-11-20(16-3,17-4)18-5/h10-11,13H,6-9,12H2,1-5H3. The van der Waals surface area contributed by atoms with Gasteiger partial charge in [-0.2, -0.15) is 0 Å². The molecule has 0 rings (SSSR count). The van der Waals surface area contributed by atoms with Crippen LogP contribution in [0.15, 0.2) is 11.8 Å². The molecule has 0 amide bonds. The van der Waals surface area contributed by atoms with E-state index in [-0.39, 0.29) is 5.97 Å². The second kappa shape index (κ2) is 11.0. The third kappa shape index (κ3) is 7.19. The molecule has 5 nitrogen and oxygen atoms in total. The Kier molecular flexibility index (Phi) is 10.6. The Morgan fingerprint density at radius 2 is 1.75 bits per heavy atom. The van der Waals surface area contributed by atoms with Crippen molar-refractivity contribution in [1.29, 1.82) is 0 Å². The van der Waals surface area contributed by atoms with Gasteiger partial charge < -0.3 is 18.0 Å². The molecular formula is C14H28O5Si. The van der Waals surface area contributed by atoms with Gasteiger partial charge in [-0.15, -0.1) is 0 Å². The summed E-state index contributed by atoms with van der Waals surface area (Å²) in [7, 11) is 1.63. The van der Waals surface area contributed by atoms with Crippen LogP contribution < -0.4 is 0 Å². The Morgan fingerprint density at radius 3 is 2.20 bits per heavy atom. The van der Waals surface area contributed by atoms with Gasteiger partial charge in [-0.1, -0.05) is 33.1 Å². The van der Waals surface area contributed by atoms with Gasteiger partial charge in [0.2, 0.25) is 0 Å². The average Bonchev–Trinajstić information content (AvgIpc) is 2.49. The molecule has 0 saturated heterocycles. The first-order valence-electron chi connectivity index (χ1n) is 7.08. The van der Waals surface area contributed by atoms with Crippen molar-refractivity contribution in [3.8, 4) is 0 Å². The first-order chi connectivity index (χ1) is 9.57. The number of carbonyl (C=O) groups is 1. The number of unbranched alkanes of at least 4 members (excludes halogenated alkanes) is 1. The lowest BCUT2D eigenvalue weighted by atomic mass is 10.0. The van der Waals surface area contributed by atoms with Gasteiger partial charge in [-0.25, -0.2) is 4.79 Å². The number of hydrogen-bond donors (Lipinski definition) is 0. The third-order valence-corrected chi connectivity index (χ3v) is 5.56. The summed E-state index contributed by atoms with van der Waals surface area (Å²) in [6, 6.07) is 0. The van der Waals surface area contributed by atoms with Crippen molar-refractivity contribution in [2.75, 3.05) is 27.9 Å². The molecule has 0 aromatic heterocycles. The van der Waals surface area contributed by atoms with Gasteiger partial charge in [0.05, 0.1) is 6.61 Å². The van der Waals surface area contributed by atoms with Gasteiger partial charge in [0.15, 0.2) is 0 Å². The van der Waals surface area contributed by atoms with E-state index in [4.69, 9.17) is 18.0 Å². The summed E-state index contributed by atoms with van der Waals surface area (Å²) in [5, 5.41) is 0. The number of hydrogen-bond acceptors (Lipinski definition) is 5. The van der Waals surface area contributed by atoms with Crippen LogP contribution in [0.5, 0.6) is 0 Å². The molecule has 20 heavy (non-hydrogen) atoms. The maximum atomic E-state index is 11.7. The first kappa shape index (κ1) is 19.3. The van der Waals surface area contributed by atoms with E-state index in [0.717, 1.165) is 19.3 Å². The Morgan fingerprint density at radius 1 is 1.15 bits per heavy atom. The van der Waals surface area contributed by atoms with Crippen LogP contribution in [0.2, 0.25) is 0 Å². The minimum atomic E-state index is -2.85. The summed E-state index contributed by atoms with van der Waals surface area (Å²) in [5.41, 5.74) is 1.53. The number of rotatable bonds is 11. The minimum absolute atomic E-state index is 0.386. The van der Waals surface area contributed by atoms with Crippen molar-refractivity contribution in [3.05, 3.63) is 11.8 Å². The molecule has 0 N–H and O–H groups in total. The van der Waals surface area contributed by atoms with Crippen LogP contribution in [0, 0.1) is 5.92 Å². The van der Waals surface area contributed by atoms with Crippen LogP contribution >= 0.6 is 0 Å². The smallest absolute Gasteiger partial charge is 0.462 e. The van der Waals surface area contributed by atoms with Gasteiger partial charge in [-0.3, -0.25) is 0 Å². The molecule has 0 aromatic carbocycles. The molecule has 0 aliphatic carbocycles. The summed E-state index contributed by atoms with van der Waals surface area (Å²) in [4.78, 5) is 11.7. The molecule has 0 aliphatic heterocycles. The molecule has 0 fully saturated rings. The third-order valence-electron chi connectivity index (χ3n) is 3.28. The molecule has 0 spiro atoms. The highest BCUT2D eigenvalue weighted by Gasteiger charge is 2.34. The zero-order chi connectivity index (χ0) is 15.4. The van der Waals surface area contributed by atoms with Crippen LogP contribution in [-0.2, 0) is 22.8 Å². The SMILES string of the molecule is CCCCC(CC)COC(=O)C=C[Si](OC)(OC)OC. The molecule has 1 unspecified atom stereocenters. The lowest BCUT2D eigenvalue weighted by Gasteiger charge is -2.20. The fourth-order valence-corrected chi connectivity index (χ4v) is 3.02. The fourth-order valence-electron chi connectivity index (χ4n) is 1.77. The molecule has 1 atom stereocenters. The highest BCUT2D eigenvalue weighted by molar-refractivity contribution is 6.66. The lowest BCUT2D eigenvalue weighted by Crippen LogP contribution is -2.41. The second-order valence-electron chi connectivity index (χ2n) is 4.60. The normalized spacial score (nSPS) is 13.7. The van der Waals surface area contributed by atoms with E-state index in [2.05, 4.69) is 13.8 Å². The number of carbonyl (C=O) groups excluding carboxylic acids is 1. The Hall–Kier alpha value is -0.693. The molecular weight excluding hydrogens is 276 g/mol. The van der Waals surface area contributed by atoms with E-state index in [9.17, 15) is 4.79 Å². The van der Waals surface area contributed by atoms with Crippen molar-refractivity contribution < 1.29 is 22.8 Å². The molecule has 0 aromatic rings. The topological polar surface area (TPSA) is 54.0 Å². The van der Waals surface area contributed by atoms with Gasteiger partial charge >= 0.3 is 14.8 Å². The van der Waals surface area contributed by atoms with E-state index in [1.165, 1.54) is 39.5 Å². The Balaban J connectivity index is 4.27. The summed E-state index contributed by atoms with van der Waals surface area (Å²) in [5.74, 6) is 0.0459. The molecule has 0 aliphatic rings. The Labute approximate surface area is 123 Å². The van der Waals surface area contributed by atoms with Crippen LogP contribution in [0.1, 0.15) is 39.5 Å². The lowest BCUT2D eigenvalue weighted by molar-refractivity contribution is -0.139. The van der Waals surface area contributed by atoms with E-state index in [1.807, 2.05) is 0 Å². The summed E-state index contributed by atoms with van der Waals surface area (Å²) in [6.45, 7) is 4.73. The van der Waals surface area contributed by atoms with Crippen molar-refractivity contribution in [2.45, 2.75) is 39.5 Å². The predicted octanol–water partition coefficient (Wildman–Crippen LogP) is 2.72. The molecule has 0 bridgehead atoms. The second-order valence-corrected chi connectivity index (χ2v) is 7.36. The van der Waals surface area contributed by atoms with Crippen LogP contribution in [0.25, 0.3) is 0 Å². The van der Waals surface area contributed by atoms with Crippen molar-refractivity contribution in [2.24, 2.45) is 5.92 Å². The summed E-state index contributed by atoms with van der Waals surface area (Å²) in [6.07, 6.45) is 5.77. The zero-order valence-corrected chi connectivity index (χ0v) is 14.3. The zero-order valence-electron chi connectivity index (χ0n) is 13.3. The molecule has 0 radical (unpaired) electrons. The van der Waals surface area contributed by atoms with E-state index >= 15 is 0 Å². The molecule has 6 heteroatoms. The van der Waals surface area contributed by atoms with Gasteiger partial charge in [0, 0.05) is 27.4 Å². The van der Waals surface area contributed by atoms with Crippen LogP contribution in [-0.4, -0.2) is 42.7 Å². The van der Waals surface area contributed by atoms with Gasteiger partial charge in [0.25, 0.3) is 0 Å². The van der Waals surface area contributed by atoms with Crippen molar-refractivity contribution in [3.63, 3.8) is 0 Å². The van der Waals surface area contributed by atoms with E-state index in [1.54, 1.807) is 0 Å². The van der Waals surface area contributed by atoms with Gasteiger partial charge in [0.1, 0.15) is 0 Å². The quantitative estimate of drug-likeness (QED) is 0.334. The average molecular weight is 304 g/mol. The van der Waals surface area contributed by atoms with Gasteiger partial charge in [-0.05, 0) is 18.0 Å². The summed E-state index contributed by atoms with van der Waals surface area (Å²) >= 11 is 0. The maximum Gasteiger partial charge on any atom is 0.529 e. The van der Waals surface area contributed by atoms with Crippen LogP contribution in [0.4, 0.5) is 0 Å². The molecule has 118 valence electrons. The number of esters is 1.